The topological polar surface area (TPSA) is 433 Å². The zero-order valence-corrected chi connectivity index (χ0v) is 78.9. The van der Waals surface area contributed by atoms with Crippen LogP contribution in [0.25, 0.3) is 28.1 Å². The van der Waals surface area contributed by atoms with Crippen LogP contribution in [0.3, 0.4) is 0 Å². The quantitative estimate of drug-likeness (QED) is 0.0182. The number of rotatable bonds is 32. The van der Waals surface area contributed by atoms with E-state index in [1.165, 1.54) is 20.6 Å². The Kier molecular flexibility index (Phi) is 35.6. The molecule has 0 radical (unpaired) electrons. The molecular formula is C87H105Br2Cl3N22O14S. The summed E-state index contributed by atoms with van der Waals surface area (Å²) in [5, 5.41) is 51.2. The summed E-state index contributed by atoms with van der Waals surface area (Å²) in [6.07, 6.45) is 15.1. The number of carbonyl (C=O) groups is 1. The number of aliphatic hydroxyl groups is 3. The van der Waals surface area contributed by atoms with Crippen molar-refractivity contribution in [3.8, 4) is 34.5 Å². The summed E-state index contributed by atoms with van der Waals surface area (Å²) in [7, 11) is 1.23. The fourth-order valence-corrected chi connectivity index (χ4v) is 17.9. The molecule has 688 valence electrons. The molecule has 3 atom stereocenters. The predicted molar refractivity (Wildman–Crippen MR) is 503 cm³/mol. The van der Waals surface area contributed by atoms with Gasteiger partial charge < -0.3 is 69.9 Å². The van der Waals surface area contributed by atoms with Gasteiger partial charge >= 0.3 is 5.69 Å². The van der Waals surface area contributed by atoms with Gasteiger partial charge in [-0.05, 0) is 200 Å². The number of aryl methyl sites for hydroxylation is 3. The minimum Gasteiger partial charge on any atom is -0.496 e. The molecule has 8 N–H and O–H groups in total. The number of pyridine rings is 1. The van der Waals surface area contributed by atoms with E-state index in [0.29, 0.717) is 150 Å². The lowest BCUT2D eigenvalue weighted by Crippen LogP contribution is -2.48. The molecule has 0 spiro atoms. The lowest BCUT2D eigenvalue weighted by molar-refractivity contribution is 0.0949. The van der Waals surface area contributed by atoms with E-state index >= 15 is 0 Å². The molecule has 42 heteroatoms. The van der Waals surface area contributed by atoms with E-state index in [-0.39, 0.29) is 102 Å². The molecule has 12 aromatic rings. The van der Waals surface area contributed by atoms with E-state index in [4.69, 9.17) is 47.1 Å². The third-order valence-electron chi connectivity index (χ3n) is 21.8. The molecule has 1 saturated carbocycles. The Bertz CT molecular complexity index is 6190. The molecule has 8 aromatic heterocycles. The summed E-state index contributed by atoms with van der Waals surface area (Å²) in [6, 6.07) is 28.7. The van der Waals surface area contributed by atoms with Crippen molar-refractivity contribution in [3.05, 3.63) is 228 Å². The van der Waals surface area contributed by atoms with Crippen LogP contribution in [0.5, 0.6) is 23.1 Å². The number of H-pyrrole nitrogens is 2. The van der Waals surface area contributed by atoms with Gasteiger partial charge in [0.2, 0.25) is 21.9 Å². The van der Waals surface area contributed by atoms with Crippen LogP contribution in [0.4, 0.5) is 29.1 Å². The first kappa shape index (κ1) is 98.6. The fraction of sp³-hybridized carbons (Fsp3) is 0.402. The zero-order chi connectivity index (χ0) is 91.3. The second-order valence-electron chi connectivity index (χ2n) is 30.1. The number of aromatic amines is 2. The predicted octanol–water partition coefficient (Wildman–Crippen LogP) is 10.8. The van der Waals surface area contributed by atoms with Crippen LogP contribution in [0.2, 0.25) is 10.0 Å². The largest absolute Gasteiger partial charge is 0.496 e. The number of hydrogen-bond donors (Lipinski definition) is 8. The molecule has 1 aliphatic carbocycles. The van der Waals surface area contributed by atoms with E-state index in [1.807, 2.05) is 79.4 Å². The lowest BCUT2D eigenvalue weighted by atomic mass is 10.1. The molecule has 0 unspecified atom stereocenters. The highest BCUT2D eigenvalue weighted by atomic mass is 79.9. The monoisotopic (exact) mass is 1980 g/mol. The van der Waals surface area contributed by atoms with Crippen LogP contribution in [0.1, 0.15) is 117 Å². The van der Waals surface area contributed by atoms with E-state index in [1.54, 1.807) is 110 Å². The van der Waals surface area contributed by atoms with Crippen molar-refractivity contribution in [3.63, 3.8) is 0 Å². The maximum atomic E-state index is 13.4. The van der Waals surface area contributed by atoms with Gasteiger partial charge in [0.1, 0.15) is 44.6 Å². The Morgan fingerprint density at radius 2 is 1.49 bits per heavy atom. The Hall–Kier alpha value is -11.0. The molecule has 2 aliphatic heterocycles. The molecule has 2 saturated heterocycles. The van der Waals surface area contributed by atoms with Crippen LogP contribution < -0.4 is 67.1 Å². The number of ether oxygens (including phenoxy) is 4. The minimum absolute atomic E-state index is 0. The van der Waals surface area contributed by atoms with Gasteiger partial charge in [-0.2, -0.15) is 14.3 Å². The van der Waals surface area contributed by atoms with Crippen LogP contribution in [0.15, 0.2) is 161 Å². The van der Waals surface area contributed by atoms with Gasteiger partial charge in [-0.1, -0.05) is 61.3 Å². The number of fused-ring (bicyclic) bond motifs is 2. The number of halogens is 5. The second kappa shape index (κ2) is 46.5. The molecular weight excluding hydrogens is 1880 g/mol. The smallest absolute Gasteiger partial charge is 0.332 e. The molecule has 36 nitrogen and oxygen atoms in total. The molecule has 0 bridgehead atoms. The normalized spacial score (nSPS) is 15.1. The number of carbonyl (C=O) groups excluding carboxylic acids is 1. The number of hydrogen-bond acceptors (Lipinski definition) is 28. The number of amides is 1. The molecule has 3 fully saturated rings. The van der Waals surface area contributed by atoms with E-state index in [9.17, 15) is 47.7 Å². The van der Waals surface area contributed by atoms with Gasteiger partial charge in [0.05, 0.1) is 104 Å². The molecule has 4 aromatic carbocycles. The summed E-state index contributed by atoms with van der Waals surface area (Å²) >= 11 is 19.0. The average Bonchev–Trinajstić information content (AvgIpc) is 1.58. The Morgan fingerprint density at radius 1 is 0.744 bits per heavy atom. The molecule has 1 amide bonds. The van der Waals surface area contributed by atoms with Gasteiger partial charge in [0, 0.05) is 101 Å². The maximum Gasteiger partial charge on any atom is 0.332 e. The summed E-state index contributed by atoms with van der Waals surface area (Å²) < 4.78 is 57.4. The van der Waals surface area contributed by atoms with Gasteiger partial charge in [-0.3, -0.25) is 37.9 Å². The third kappa shape index (κ3) is 24.0. The van der Waals surface area contributed by atoms with Crippen molar-refractivity contribution in [2.24, 2.45) is 0 Å². The van der Waals surface area contributed by atoms with Crippen molar-refractivity contribution in [2.45, 2.75) is 148 Å². The van der Waals surface area contributed by atoms with Gasteiger partial charge in [0.15, 0.2) is 28.3 Å². The van der Waals surface area contributed by atoms with Crippen molar-refractivity contribution in [1.82, 2.24) is 87.9 Å². The number of sulfonamides is 1. The van der Waals surface area contributed by atoms with Crippen LogP contribution in [0, 0.1) is 6.92 Å². The molecule has 15 rings (SSSR count). The van der Waals surface area contributed by atoms with Crippen molar-refractivity contribution < 1.29 is 47.5 Å². The van der Waals surface area contributed by atoms with E-state index < -0.39 is 27.4 Å². The molecule has 129 heavy (non-hydrogen) atoms. The summed E-state index contributed by atoms with van der Waals surface area (Å²) in [5.74, 6) is 4.37. The summed E-state index contributed by atoms with van der Waals surface area (Å²) in [4.78, 5) is 104. The minimum atomic E-state index is -3.71. The highest BCUT2D eigenvalue weighted by Crippen LogP contribution is 2.37. The Morgan fingerprint density at radius 3 is 2.16 bits per heavy atom. The van der Waals surface area contributed by atoms with Crippen LogP contribution in [-0.2, 0) is 55.6 Å². The number of aromatic nitrogens is 15. The fourth-order valence-electron chi connectivity index (χ4n) is 15.0. The number of nitrogens with one attached hydrogen (secondary N) is 5. The zero-order valence-electron chi connectivity index (χ0n) is 72.6. The Labute approximate surface area is 777 Å². The van der Waals surface area contributed by atoms with E-state index in [2.05, 4.69) is 110 Å². The number of nitrogens with zero attached hydrogens (tertiary/aromatic N) is 17. The van der Waals surface area contributed by atoms with E-state index in [0.717, 1.165) is 88.9 Å². The highest BCUT2D eigenvalue weighted by molar-refractivity contribution is 9.11. The first-order valence-electron chi connectivity index (χ1n) is 42.1. The SMILES string of the molecule is CCCc1nc(C)c2c(=O)[nH]c(-c3cc(S(=O)(=O)N4CCN(CC)CC4)ccc3OCC)nn12.CCn1c(=O)c2c(nc(N[C@@H]3CCC[C@H]3O)n2Cc2ccc(OC)c(Br)c2)n(CCO)c1=O.COc1ccc(N(C)c2nc(N3CCC[C@H]3CO)ncc2C(=O)NCc2ncccn2)cc1Cl.Cl.O=c1[nH]nc(OCCCc2ccc(Cl)cc2)c(NCc2cccnc2)c1Br. The summed E-state index contributed by atoms with van der Waals surface area (Å²) in [5.41, 5.74) is 4.89. The van der Waals surface area contributed by atoms with Crippen LogP contribution in [-0.4, -0.2) is 217 Å². The van der Waals surface area contributed by atoms with Gasteiger partial charge in [0.25, 0.3) is 28.5 Å². The Balaban J connectivity index is 0.000000167. The van der Waals surface area contributed by atoms with Crippen molar-refractivity contribution >= 4 is 129 Å². The number of piperazine rings is 1. The third-order valence-corrected chi connectivity index (χ3v) is 25.6. The molecule has 10 heterocycles. The van der Waals surface area contributed by atoms with Gasteiger partial charge in [-0.25, -0.2) is 42.8 Å². The highest BCUT2D eigenvalue weighted by Gasteiger charge is 2.34. The number of anilines is 5. The van der Waals surface area contributed by atoms with Crippen molar-refractivity contribution in [1.29, 1.82) is 0 Å². The maximum absolute atomic E-state index is 13.4. The number of methoxy groups -OCH3 is 2. The standard InChI is InChI=1S/C23H26ClN7O3.C23H32N6O4S.C22H28BrN5O5.C19H18BrClN4O2.ClH/c1-30(15-6-7-19(34-2)18(24)11-15)21-17(22(33)27-13-20-25-8-4-9-26-20)12-28-23(29-21)31-10-3-5-16(31)14-32;1-5-8-20-24-16(4)21-23(30)25-22(26-29(20)21)18-15-17(9-10-19(18)33-7-3)34(31,32)28-13-11-27(6-2)12-14-28;1-3-26-20(31)18-19(27(9-10-29)22(26)32)25-21(24-15-5-4-6-16(15)30)28(18)12-13-7-8-17(33-2)14(23)11-13;20-16-17(23-12-14-3-1-9-22-11-14)19(25-24-18(16)26)27-10-2-4-13-5-7-15(21)8-6-13;/h4,6-9,11-12,16,32H,3,5,10,13-14H2,1-2H3,(H,27,33);9-10,15H,5-8,11-14H2,1-4H3,(H,25,26,30);7-8,11,15-16,29-30H,3-6,9-10,12H2,1-2H3,(H,24,25);1,3,5-9,11H,2,4,10,12H2,(H2,23,24,26);1H/t16-;;15-,16-;;/m0.1../s1. The lowest BCUT2D eigenvalue weighted by Gasteiger charge is -2.33. The average molecular weight is 1980 g/mol. The number of aliphatic hydroxyl groups excluding tert-OH is 3. The van der Waals surface area contributed by atoms with Gasteiger partial charge in [-0.15, -0.1) is 22.6 Å². The number of imidazole rings is 2. The second-order valence-corrected chi connectivity index (χ2v) is 34.5. The first-order valence-corrected chi connectivity index (χ1v) is 45.9. The molecule has 3 aliphatic rings. The number of likely N-dealkylation sites (N-methyl/N-ethyl adjacent to an activating group) is 1. The van der Waals surface area contributed by atoms with Crippen molar-refractivity contribution in [2.75, 3.05) is 107 Å². The van der Waals surface area contributed by atoms with Crippen LogP contribution >= 0.6 is 67.5 Å². The summed E-state index contributed by atoms with van der Waals surface area (Å²) in [6.45, 7) is 15.2. The first-order chi connectivity index (χ1) is 61.8. The number of benzene rings is 4.